The number of rotatable bonds is 6. The average Bonchev–Trinajstić information content (AvgIpc) is 3.07. The van der Waals surface area contributed by atoms with Gasteiger partial charge in [-0.3, -0.25) is 0 Å². The third kappa shape index (κ3) is 3.30. The van der Waals surface area contributed by atoms with Crippen LogP contribution in [0.5, 0.6) is 5.75 Å². The Morgan fingerprint density at radius 3 is 2.46 bits per heavy atom. The fourth-order valence-electron chi connectivity index (χ4n) is 2.40. The smallest absolute Gasteiger partial charge is 0.356 e. The Morgan fingerprint density at radius 2 is 1.83 bits per heavy atom. The number of aromatic carboxylic acids is 1. The van der Waals surface area contributed by atoms with Crippen LogP contribution in [0.2, 0.25) is 0 Å². The lowest BCUT2D eigenvalue weighted by molar-refractivity contribution is 0.0690. The first-order valence-electron chi connectivity index (χ1n) is 7.81. The lowest BCUT2D eigenvalue weighted by atomic mass is 10.1. The lowest BCUT2D eigenvalue weighted by Crippen LogP contribution is -2.02. The van der Waals surface area contributed by atoms with Crippen molar-refractivity contribution >= 4 is 5.97 Å². The molecule has 0 amide bonds. The summed E-state index contributed by atoms with van der Waals surface area (Å²) in [5.74, 6) is -0.251. The fourth-order valence-corrected chi connectivity index (χ4v) is 2.40. The highest BCUT2D eigenvalue weighted by atomic mass is 16.5. The molecular formula is C19H18N2O3. The highest BCUT2D eigenvalue weighted by Crippen LogP contribution is 2.26. The number of benzene rings is 2. The van der Waals surface area contributed by atoms with E-state index in [0.717, 1.165) is 29.1 Å². The highest BCUT2D eigenvalue weighted by Gasteiger charge is 2.15. The van der Waals surface area contributed by atoms with Crippen LogP contribution >= 0.6 is 0 Å². The van der Waals surface area contributed by atoms with Gasteiger partial charge in [0.25, 0.3) is 0 Å². The molecule has 1 heterocycles. The van der Waals surface area contributed by atoms with Crippen LogP contribution in [-0.2, 0) is 0 Å². The van der Waals surface area contributed by atoms with Gasteiger partial charge in [0, 0.05) is 5.56 Å². The normalized spacial score (nSPS) is 10.5. The van der Waals surface area contributed by atoms with Gasteiger partial charge >= 0.3 is 5.97 Å². The van der Waals surface area contributed by atoms with Crippen LogP contribution in [0.3, 0.4) is 0 Å². The molecule has 0 fully saturated rings. The van der Waals surface area contributed by atoms with Gasteiger partial charge in [0.05, 0.1) is 18.0 Å². The number of carboxylic acid groups (broad SMARTS) is 1. The summed E-state index contributed by atoms with van der Waals surface area (Å²) in [5, 5.41) is 13.5. The molecule has 0 aliphatic rings. The van der Waals surface area contributed by atoms with Crippen molar-refractivity contribution < 1.29 is 14.6 Å². The zero-order chi connectivity index (χ0) is 16.9. The number of aromatic nitrogens is 2. The van der Waals surface area contributed by atoms with Gasteiger partial charge in [-0.05, 0) is 48.9 Å². The summed E-state index contributed by atoms with van der Waals surface area (Å²) < 4.78 is 7.23. The molecule has 0 aliphatic carbocycles. The summed E-state index contributed by atoms with van der Waals surface area (Å²) in [6, 6.07) is 18.6. The van der Waals surface area contributed by atoms with Gasteiger partial charge in [-0.15, -0.1) is 0 Å². The Balaban J connectivity index is 2.01. The van der Waals surface area contributed by atoms with E-state index in [1.165, 1.54) is 0 Å². The van der Waals surface area contributed by atoms with Gasteiger partial charge < -0.3 is 9.84 Å². The Hall–Kier alpha value is -3.08. The minimum absolute atomic E-state index is 0.0140. The molecule has 3 rings (SSSR count). The number of nitrogens with zero attached hydrogens (tertiary/aromatic N) is 2. The average molecular weight is 322 g/mol. The minimum atomic E-state index is -1.05. The van der Waals surface area contributed by atoms with E-state index >= 15 is 0 Å². The first kappa shape index (κ1) is 15.8. The van der Waals surface area contributed by atoms with Crippen LogP contribution in [0.1, 0.15) is 23.8 Å². The van der Waals surface area contributed by atoms with Crippen molar-refractivity contribution in [3.8, 4) is 22.7 Å². The molecule has 5 nitrogen and oxygen atoms in total. The van der Waals surface area contributed by atoms with Gasteiger partial charge in [0.2, 0.25) is 0 Å². The quantitative estimate of drug-likeness (QED) is 0.744. The Bertz CT molecular complexity index is 824. The molecule has 0 saturated heterocycles. The molecule has 3 aromatic rings. The molecule has 0 aliphatic heterocycles. The molecular weight excluding hydrogens is 304 g/mol. The van der Waals surface area contributed by atoms with Crippen molar-refractivity contribution in [1.82, 2.24) is 9.78 Å². The van der Waals surface area contributed by atoms with Crippen molar-refractivity contribution in [2.45, 2.75) is 13.3 Å². The van der Waals surface area contributed by atoms with Crippen molar-refractivity contribution in [3.05, 3.63) is 66.4 Å². The predicted molar refractivity (Wildman–Crippen MR) is 91.7 cm³/mol. The van der Waals surface area contributed by atoms with Crippen LogP contribution in [0, 0.1) is 0 Å². The number of para-hydroxylation sites is 1. The molecule has 0 bridgehead atoms. The van der Waals surface area contributed by atoms with Crippen LogP contribution < -0.4 is 4.74 Å². The first-order valence-corrected chi connectivity index (χ1v) is 7.81. The third-order valence-corrected chi connectivity index (χ3v) is 3.55. The van der Waals surface area contributed by atoms with Crippen LogP contribution in [0.25, 0.3) is 16.9 Å². The molecule has 1 N–H and O–H groups in total. The highest BCUT2D eigenvalue weighted by molar-refractivity contribution is 5.87. The molecule has 0 spiro atoms. The number of carbonyl (C=O) groups is 1. The van der Waals surface area contributed by atoms with E-state index in [0.29, 0.717) is 6.61 Å². The van der Waals surface area contributed by atoms with Crippen LogP contribution in [0.4, 0.5) is 0 Å². The molecule has 0 unspecified atom stereocenters. The van der Waals surface area contributed by atoms with E-state index in [2.05, 4.69) is 12.0 Å². The molecule has 0 atom stereocenters. The summed E-state index contributed by atoms with van der Waals surface area (Å²) in [5.41, 5.74) is 2.43. The Labute approximate surface area is 140 Å². The van der Waals surface area contributed by atoms with Crippen molar-refractivity contribution in [2.75, 3.05) is 6.61 Å². The summed E-state index contributed by atoms with van der Waals surface area (Å²) in [6.07, 6.45) is 0.949. The Morgan fingerprint density at radius 1 is 1.12 bits per heavy atom. The van der Waals surface area contributed by atoms with Crippen LogP contribution in [-0.4, -0.2) is 27.5 Å². The maximum Gasteiger partial charge on any atom is 0.356 e. The summed E-state index contributed by atoms with van der Waals surface area (Å²) in [7, 11) is 0. The van der Waals surface area contributed by atoms with Gasteiger partial charge in [-0.1, -0.05) is 25.1 Å². The first-order chi connectivity index (χ1) is 11.7. The molecule has 122 valence electrons. The van der Waals surface area contributed by atoms with E-state index in [-0.39, 0.29) is 5.69 Å². The van der Waals surface area contributed by atoms with Gasteiger partial charge in [0.15, 0.2) is 5.69 Å². The van der Waals surface area contributed by atoms with Crippen molar-refractivity contribution in [2.24, 2.45) is 0 Å². The maximum absolute atomic E-state index is 11.3. The zero-order valence-corrected chi connectivity index (χ0v) is 13.3. The SMILES string of the molecule is CCCOc1ccc(-c2cc(C(=O)O)nn2-c2ccccc2)cc1. The van der Waals surface area contributed by atoms with Crippen molar-refractivity contribution in [1.29, 1.82) is 0 Å². The maximum atomic E-state index is 11.3. The van der Waals surface area contributed by atoms with E-state index < -0.39 is 5.97 Å². The fraction of sp³-hybridized carbons (Fsp3) is 0.158. The van der Waals surface area contributed by atoms with Crippen molar-refractivity contribution in [3.63, 3.8) is 0 Å². The van der Waals surface area contributed by atoms with Crippen LogP contribution in [0.15, 0.2) is 60.7 Å². The van der Waals surface area contributed by atoms with E-state index in [1.54, 1.807) is 10.7 Å². The minimum Gasteiger partial charge on any atom is -0.494 e. The second kappa shape index (κ2) is 7.00. The van der Waals surface area contributed by atoms with E-state index in [9.17, 15) is 9.90 Å². The molecule has 2 aromatic carbocycles. The topological polar surface area (TPSA) is 64.3 Å². The lowest BCUT2D eigenvalue weighted by Gasteiger charge is -2.09. The van der Waals surface area contributed by atoms with Gasteiger partial charge in [0.1, 0.15) is 5.75 Å². The zero-order valence-electron chi connectivity index (χ0n) is 13.3. The molecule has 0 radical (unpaired) electrons. The second-order valence-corrected chi connectivity index (χ2v) is 5.34. The number of ether oxygens (including phenoxy) is 1. The molecule has 0 saturated carbocycles. The summed E-state index contributed by atoms with van der Waals surface area (Å²) in [4.78, 5) is 11.3. The number of hydrogen-bond donors (Lipinski definition) is 1. The predicted octanol–water partition coefficient (Wildman–Crippen LogP) is 4.03. The number of hydrogen-bond acceptors (Lipinski definition) is 3. The van der Waals surface area contributed by atoms with E-state index in [4.69, 9.17) is 4.74 Å². The molecule has 24 heavy (non-hydrogen) atoms. The third-order valence-electron chi connectivity index (χ3n) is 3.55. The standard InChI is InChI=1S/C19H18N2O3/c1-2-12-24-16-10-8-14(9-11-16)18-13-17(19(22)23)20-21(18)15-6-4-3-5-7-15/h3-11,13H,2,12H2,1H3,(H,22,23). The summed E-state index contributed by atoms with van der Waals surface area (Å²) >= 11 is 0. The molecule has 5 heteroatoms. The van der Waals surface area contributed by atoms with E-state index in [1.807, 2.05) is 54.6 Å². The molecule has 1 aromatic heterocycles. The Kier molecular flexibility index (Phi) is 4.61. The number of carboxylic acids is 1. The van der Waals surface area contributed by atoms with Gasteiger partial charge in [-0.2, -0.15) is 5.10 Å². The monoisotopic (exact) mass is 322 g/mol. The summed E-state index contributed by atoms with van der Waals surface area (Å²) in [6.45, 7) is 2.73. The second-order valence-electron chi connectivity index (χ2n) is 5.34. The largest absolute Gasteiger partial charge is 0.494 e. The van der Waals surface area contributed by atoms with Gasteiger partial charge in [-0.25, -0.2) is 9.48 Å².